The SMILES string of the molecule is CCCCC(NC(=O)C1CCCN(S(=O)(=O)c2ccc(C)cc2)C1)C(=O)O. The lowest BCUT2D eigenvalue weighted by Crippen LogP contribution is -2.49. The second-order valence-electron chi connectivity index (χ2n) is 7.06. The van der Waals surface area contributed by atoms with Crippen molar-refractivity contribution >= 4 is 21.9 Å². The van der Waals surface area contributed by atoms with Crippen LogP contribution in [-0.2, 0) is 19.6 Å². The standard InChI is InChI=1S/C19H28N2O5S/c1-3-4-7-17(19(23)24)20-18(22)15-6-5-12-21(13-15)27(25,26)16-10-8-14(2)9-11-16/h8-11,15,17H,3-7,12-13H2,1-2H3,(H,20,22)(H,23,24). The van der Waals surface area contributed by atoms with E-state index in [-0.39, 0.29) is 17.3 Å². The van der Waals surface area contributed by atoms with Crippen LogP contribution in [0.4, 0.5) is 0 Å². The van der Waals surface area contributed by atoms with E-state index < -0.39 is 28.0 Å². The lowest BCUT2D eigenvalue weighted by atomic mass is 9.98. The van der Waals surface area contributed by atoms with Crippen LogP contribution in [-0.4, -0.2) is 48.8 Å². The number of carboxylic acids is 1. The van der Waals surface area contributed by atoms with Crippen LogP contribution in [0.3, 0.4) is 0 Å². The number of carbonyl (C=O) groups is 2. The molecule has 1 fully saturated rings. The number of aliphatic carboxylic acids is 1. The first-order chi connectivity index (χ1) is 12.8. The van der Waals surface area contributed by atoms with E-state index in [2.05, 4.69) is 5.32 Å². The number of benzene rings is 1. The Morgan fingerprint density at radius 3 is 2.56 bits per heavy atom. The summed E-state index contributed by atoms with van der Waals surface area (Å²) >= 11 is 0. The molecule has 1 heterocycles. The average molecular weight is 397 g/mol. The Morgan fingerprint density at radius 2 is 1.96 bits per heavy atom. The number of sulfonamides is 1. The van der Waals surface area contributed by atoms with Crippen LogP contribution >= 0.6 is 0 Å². The summed E-state index contributed by atoms with van der Waals surface area (Å²) in [6.45, 7) is 4.27. The first-order valence-corrected chi connectivity index (χ1v) is 10.8. The molecule has 1 aromatic carbocycles. The van der Waals surface area contributed by atoms with Gasteiger partial charge in [0.1, 0.15) is 6.04 Å². The van der Waals surface area contributed by atoms with Crippen molar-refractivity contribution in [2.24, 2.45) is 5.92 Å². The molecule has 2 N–H and O–H groups in total. The zero-order chi connectivity index (χ0) is 20.0. The van der Waals surface area contributed by atoms with Gasteiger partial charge in [-0.1, -0.05) is 37.5 Å². The molecular weight excluding hydrogens is 368 g/mol. The Balaban J connectivity index is 2.07. The highest BCUT2D eigenvalue weighted by Gasteiger charge is 2.34. The number of aryl methyl sites for hydroxylation is 1. The number of carbonyl (C=O) groups excluding carboxylic acids is 1. The molecule has 2 unspecified atom stereocenters. The zero-order valence-corrected chi connectivity index (χ0v) is 16.7. The Hall–Kier alpha value is -1.93. The highest BCUT2D eigenvalue weighted by molar-refractivity contribution is 7.89. The third kappa shape index (κ3) is 5.52. The van der Waals surface area contributed by atoms with Gasteiger partial charge >= 0.3 is 5.97 Å². The van der Waals surface area contributed by atoms with Crippen molar-refractivity contribution in [2.45, 2.75) is 56.9 Å². The highest BCUT2D eigenvalue weighted by atomic mass is 32.2. The average Bonchev–Trinajstić information content (AvgIpc) is 2.65. The normalized spacial score (nSPS) is 19.4. The lowest BCUT2D eigenvalue weighted by molar-refractivity contribution is -0.143. The summed E-state index contributed by atoms with van der Waals surface area (Å²) in [5.74, 6) is -1.98. The van der Waals surface area contributed by atoms with Crippen LogP contribution in [0, 0.1) is 12.8 Å². The molecule has 1 saturated heterocycles. The quantitative estimate of drug-likeness (QED) is 0.701. The molecule has 0 spiro atoms. The highest BCUT2D eigenvalue weighted by Crippen LogP contribution is 2.24. The molecule has 0 radical (unpaired) electrons. The molecule has 2 atom stereocenters. The van der Waals surface area contributed by atoms with Crippen LogP contribution in [0.5, 0.6) is 0 Å². The molecule has 0 saturated carbocycles. The Labute approximate surface area is 160 Å². The Kier molecular flexibility index (Phi) is 7.38. The van der Waals surface area contributed by atoms with E-state index in [0.717, 1.165) is 12.0 Å². The number of rotatable bonds is 8. The van der Waals surface area contributed by atoms with E-state index in [1.54, 1.807) is 24.3 Å². The van der Waals surface area contributed by atoms with E-state index in [1.165, 1.54) is 4.31 Å². The Bertz CT molecular complexity index is 761. The van der Waals surface area contributed by atoms with Gasteiger partial charge in [0.05, 0.1) is 10.8 Å². The summed E-state index contributed by atoms with van der Waals surface area (Å²) in [4.78, 5) is 24.1. The van der Waals surface area contributed by atoms with Crippen LogP contribution in [0.1, 0.15) is 44.6 Å². The van der Waals surface area contributed by atoms with Gasteiger partial charge in [0.25, 0.3) is 0 Å². The first-order valence-electron chi connectivity index (χ1n) is 9.35. The van der Waals surface area contributed by atoms with Crippen molar-refractivity contribution in [3.63, 3.8) is 0 Å². The first kappa shape index (κ1) is 21.4. The van der Waals surface area contributed by atoms with Gasteiger partial charge in [0.15, 0.2) is 0 Å². The fourth-order valence-electron chi connectivity index (χ4n) is 3.19. The van der Waals surface area contributed by atoms with Gasteiger partial charge in [-0.25, -0.2) is 13.2 Å². The minimum absolute atomic E-state index is 0.0716. The van der Waals surface area contributed by atoms with Crippen LogP contribution < -0.4 is 5.32 Å². The predicted molar refractivity (Wildman–Crippen MR) is 102 cm³/mol. The molecule has 8 heteroatoms. The van der Waals surface area contributed by atoms with Crippen molar-refractivity contribution in [3.05, 3.63) is 29.8 Å². The van der Waals surface area contributed by atoms with Crippen molar-refractivity contribution in [2.75, 3.05) is 13.1 Å². The monoisotopic (exact) mass is 396 g/mol. The number of unbranched alkanes of at least 4 members (excludes halogenated alkanes) is 1. The van der Waals surface area contributed by atoms with Crippen molar-refractivity contribution in [1.29, 1.82) is 0 Å². The van der Waals surface area contributed by atoms with Crippen molar-refractivity contribution in [1.82, 2.24) is 9.62 Å². The molecule has 1 amide bonds. The fourth-order valence-corrected chi connectivity index (χ4v) is 4.71. The van der Waals surface area contributed by atoms with E-state index in [9.17, 15) is 23.1 Å². The van der Waals surface area contributed by atoms with Crippen LogP contribution in [0.15, 0.2) is 29.2 Å². The molecule has 1 aliphatic rings. The number of hydrogen-bond donors (Lipinski definition) is 2. The van der Waals surface area contributed by atoms with E-state index in [1.807, 2.05) is 13.8 Å². The summed E-state index contributed by atoms with van der Waals surface area (Å²) in [7, 11) is -3.67. The van der Waals surface area contributed by atoms with Crippen LogP contribution in [0.25, 0.3) is 0 Å². The summed E-state index contributed by atoms with van der Waals surface area (Å²) < 4.78 is 27.0. The predicted octanol–water partition coefficient (Wildman–Crippen LogP) is 2.16. The third-order valence-electron chi connectivity index (χ3n) is 4.87. The second kappa shape index (κ2) is 9.32. The molecule has 1 aliphatic heterocycles. The molecule has 1 aromatic rings. The van der Waals surface area contributed by atoms with Gasteiger partial charge in [-0.3, -0.25) is 4.79 Å². The largest absolute Gasteiger partial charge is 0.480 e. The molecule has 150 valence electrons. The summed E-state index contributed by atoms with van der Waals surface area (Å²) in [6, 6.07) is 5.69. The molecule has 7 nitrogen and oxygen atoms in total. The van der Waals surface area contributed by atoms with Crippen molar-refractivity contribution < 1.29 is 23.1 Å². The molecule has 27 heavy (non-hydrogen) atoms. The maximum atomic E-state index is 12.8. The number of nitrogens with one attached hydrogen (secondary N) is 1. The molecule has 0 aliphatic carbocycles. The van der Waals surface area contributed by atoms with E-state index >= 15 is 0 Å². The van der Waals surface area contributed by atoms with Gasteiger partial charge in [-0.2, -0.15) is 4.31 Å². The molecular formula is C19H28N2O5S. The third-order valence-corrected chi connectivity index (χ3v) is 6.75. The van der Waals surface area contributed by atoms with E-state index in [0.29, 0.717) is 32.2 Å². The van der Waals surface area contributed by atoms with Crippen LogP contribution in [0.2, 0.25) is 0 Å². The van der Waals surface area contributed by atoms with Gasteiger partial charge in [-0.05, 0) is 38.3 Å². The summed E-state index contributed by atoms with van der Waals surface area (Å²) in [5, 5.41) is 11.9. The molecule has 2 rings (SSSR count). The number of nitrogens with zero attached hydrogens (tertiary/aromatic N) is 1. The number of amides is 1. The topological polar surface area (TPSA) is 104 Å². The van der Waals surface area contributed by atoms with Crippen molar-refractivity contribution in [3.8, 4) is 0 Å². The number of piperidine rings is 1. The summed E-state index contributed by atoms with van der Waals surface area (Å²) in [5.41, 5.74) is 0.969. The van der Waals surface area contributed by atoms with Gasteiger partial charge in [-0.15, -0.1) is 0 Å². The smallest absolute Gasteiger partial charge is 0.326 e. The van der Waals surface area contributed by atoms with Gasteiger partial charge in [0.2, 0.25) is 15.9 Å². The van der Waals surface area contributed by atoms with Gasteiger partial charge in [0, 0.05) is 13.1 Å². The fraction of sp³-hybridized carbons (Fsp3) is 0.579. The van der Waals surface area contributed by atoms with Gasteiger partial charge < -0.3 is 10.4 Å². The number of hydrogen-bond acceptors (Lipinski definition) is 4. The maximum absolute atomic E-state index is 12.8. The maximum Gasteiger partial charge on any atom is 0.326 e. The minimum atomic E-state index is -3.67. The minimum Gasteiger partial charge on any atom is -0.480 e. The molecule has 0 aromatic heterocycles. The number of carboxylic acid groups (broad SMARTS) is 1. The summed E-state index contributed by atoms with van der Waals surface area (Å²) in [6.07, 6.45) is 3.03. The Morgan fingerprint density at radius 1 is 1.30 bits per heavy atom. The lowest BCUT2D eigenvalue weighted by Gasteiger charge is -2.31. The second-order valence-corrected chi connectivity index (χ2v) is 8.99. The molecule has 0 bridgehead atoms. The zero-order valence-electron chi connectivity index (χ0n) is 15.8. The van der Waals surface area contributed by atoms with E-state index in [4.69, 9.17) is 0 Å².